The summed E-state index contributed by atoms with van der Waals surface area (Å²) in [6.07, 6.45) is 2.03. The standard InChI is InChI=1S/C21H28O6/c1-7-14(4)20(23)27-18-9-15(5)17(24-6)10-16(18)21(12-26-21)11-25-19(22)8-13(2)3/h7,9-10,13H,8,11-12H2,1-6H3. The lowest BCUT2D eigenvalue weighted by Crippen LogP contribution is -2.23. The molecule has 6 heteroatoms. The fraction of sp³-hybridized carbons (Fsp3) is 0.524. The number of carbonyl (C=O) groups is 2. The van der Waals surface area contributed by atoms with Crippen molar-refractivity contribution >= 4 is 11.9 Å². The van der Waals surface area contributed by atoms with Crippen LogP contribution in [0.5, 0.6) is 11.5 Å². The summed E-state index contributed by atoms with van der Waals surface area (Å²) in [7, 11) is 1.57. The van der Waals surface area contributed by atoms with Gasteiger partial charge in [-0.2, -0.15) is 0 Å². The molecule has 1 unspecified atom stereocenters. The lowest BCUT2D eigenvalue weighted by molar-refractivity contribution is -0.146. The van der Waals surface area contributed by atoms with E-state index in [9.17, 15) is 9.59 Å². The number of ether oxygens (including phenoxy) is 4. The van der Waals surface area contributed by atoms with E-state index < -0.39 is 11.6 Å². The molecule has 0 aromatic heterocycles. The zero-order valence-corrected chi connectivity index (χ0v) is 16.9. The van der Waals surface area contributed by atoms with Crippen LogP contribution in [0.2, 0.25) is 0 Å². The number of allylic oxidation sites excluding steroid dienone is 1. The first-order valence-corrected chi connectivity index (χ1v) is 9.06. The van der Waals surface area contributed by atoms with Gasteiger partial charge in [0.25, 0.3) is 0 Å². The van der Waals surface area contributed by atoms with Gasteiger partial charge in [0.1, 0.15) is 18.1 Å². The van der Waals surface area contributed by atoms with Crippen molar-refractivity contribution in [2.75, 3.05) is 20.3 Å². The third-order valence-electron chi connectivity index (χ3n) is 4.48. The molecule has 1 heterocycles. The number of carbonyl (C=O) groups excluding carboxylic acids is 2. The van der Waals surface area contributed by atoms with Crippen molar-refractivity contribution in [1.82, 2.24) is 0 Å². The van der Waals surface area contributed by atoms with Crippen LogP contribution in [0.1, 0.15) is 45.2 Å². The Morgan fingerprint density at radius 1 is 1.30 bits per heavy atom. The van der Waals surface area contributed by atoms with Crippen LogP contribution in [0.25, 0.3) is 0 Å². The fourth-order valence-electron chi connectivity index (χ4n) is 2.61. The number of benzene rings is 1. The van der Waals surface area contributed by atoms with Crippen molar-refractivity contribution in [2.45, 2.75) is 46.6 Å². The largest absolute Gasteiger partial charge is 0.496 e. The van der Waals surface area contributed by atoms with E-state index in [-0.39, 0.29) is 18.5 Å². The van der Waals surface area contributed by atoms with Gasteiger partial charge in [0, 0.05) is 17.6 Å². The zero-order chi connectivity index (χ0) is 20.2. The highest BCUT2D eigenvalue weighted by Crippen LogP contribution is 2.46. The molecule has 1 aliphatic rings. The van der Waals surface area contributed by atoms with Crippen LogP contribution in [0.15, 0.2) is 23.8 Å². The average molecular weight is 376 g/mol. The van der Waals surface area contributed by atoms with Gasteiger partial charge in [-0.05, 0) is 44.4 Å². The molecule has 1 atom stereocenters. The molecule has 1 aromatic carbocycles. The molecule has 1 aromatic rings. The summed E-state index contributed by atoms with van der Waals surface area (Å²) < 4.78 is 22.1. The molecule has 148 valence electrons. The molecular weight excluding hydrogens is 348 g/mol. The molecule has 0 saturated carbocycles. The van der Waals surface area contributed by atoms with Gasteiger partial charge in [0.15, 0.2) is 5.60 Å². The van der Waals surface area contributed by atoms with E-state index in [0.29, 0.717) is 35.7 Å². The topological polar surface area (TPSA) is 74.4 Å². The summed E-state index contributed by atoms with van der Waals surface area (Å²) in [5, 5.41) is 0. The van der Waals surface area contributed by atoms with Gasteiger partial charge in [-0.15, -0.1) is 0 Å². The number of hydrogen-bond donors (Lipinski definition) is 0. The second kappa shape index (κ2) is 8.57. The van der Waals surface area contributed by atoms with Crippen molar-refractivity contribution in [3.8, 4) is 11.5 Å². The third kappa shape index (κ3) is 5.10. The molecular formula is C21H28O6. The van der Waals surface area contributed by atoms with Crippen molar-refractivity contribution in [3.05, 3.63) is 34.9 Å². The van der Waals surface area contributed by atoms with Gasteiger partial charge < -0.3 is 18.9 Å². The predicted molar refractivity (Wildman–Crippen MR) is 101 cm³/mol. The van der Waals surface area contributed by atoms with Gasteiger partial charge in [-0.25, -0.2) is 4.79 Å². The number of aryl methyl sites for hydroxylation is 1. The summed E-state index contributed by atoms with van der Waals surface area (Å²) in [6, 6.07) is 3.53. The summed E-state index contributed by atoms with van der Waals surface area (Å²) in [5.74, 6) is 0.541. The lowest BCUT2D eigenvalue weighted by atomic mass is 9.97. The minimum atomic E-state index is -0.812. The van der Waals surface area contributed by atoms with Crippen LogP contribution >= 0.6 is 0 Å². The van der Waals surface area contributed by atoms with Crippen LogP contribution in [0.3, 0.4) is 0 Å². The Kier molecular flexibility index (Phi) is 6.65. The molecule has 1 aliphatic heterocycles. The molecule has 0 radical (unpaired) electrons. The van der Waals surface area contributed by atoms with Gasteiger partial charge in [-0.1, -0.05) is 19.9 Å². The van der Waals surface area contributed by atoms with E-state index in [0.717, 1.165) is 5.56 Å². The Morgan fingerprint density at radius 3 is 2.48 bits per heavy atom. The number of hydrogen-bond acceptors (Lipinski definition) is 6. The summed E-state index contributed by atoms with van der Waals surface area (Å²) in [6.45, 7) is 9.68. The quantitative estimate of drug-likeness (QED) is 0.298. The van der Waals surface area contributed by atoms with Crippen LogP contribution in [0.4, 0.5) is 0 Å². The number of methoxy groups -OCH3 is 1. The second-order valence-corrected chi connectivity index (χ2v) is 7.22. The number of epoxide rings is 1. The molecule has 1 fully saturated rings. The van der Waals surface area contributed by atoms with E-state index in [1.165, 1.54) is 0 Å². The molecule has 2 rings (SSSR count). The van der Waals surface area contributed by atoms with Crippen LogP contribution in [-0.2, 0) is 24.7 Å². The highest BCUT2D eigenvalue weighted by atomic mass is 16.6. The normalized spacial score (nSPS) is 19.0. The van der Waals surface area contributed by atoms with Crippen molar-refractivity contribution in [3.63, 3.8) is 0 Å². The zero-order valence-electron chi connectivity index (χ0n) is 16.9. The first-order chi connectivity index (χ1) is 12.7. The molecule has 1 saturated heterocycles. The first kappa shape index (κ1) is 21.0. The molecule has 0 spiro atoms. The Balaban J connectivity index is 2.30. The van der Waals surface area contributed by atoms with Crippen LogP contribution in [-0.4, -0.2) is 32.3 Å². The minimum absolute atomic E-state index is 0.0674. The monoisotopic (exact) mass is 376 g/mol. The Bertz CT molecular complexity index is 743. The van der Waals surface area contributed by atoms with E-state index >= 15 is 0 Å². The van der Waals surface area contributed by atoms with Crippen LogP contribution in [0, 0.1) is 12.8 Å². The maximum Gasteiger partial charge on any atom is 0.338 e. The molecule has 6 nitrogen and oxygen atoms in total. The minimum Gasteiger partial charge on any atom is -0.496 e. The summed E-state index contributed by atoms with van der Waals surface area (Å²) >= 11 is 0. The highest BCUT2D eigenvalue weighted by Gasteiger charge is 2.50. The van der Waals surface area contributed by atoms with Gasteiger partial charge in [0.05, 0.1) is 13.7 Å². The van der Waals surface area contributed by atoms with Crippen molar-refractivity contribution in [1.29, 1.82) is 0 Å². The van der Waals surface area contributed by atoms with Crippen molar-refractivity contribution < 1.29 is 28.5 Å². The highest BCUT2D eigenvalue weighted by molar-refractivity contribution is 5.89. The Hall–Kier alpha value is -2.34. The summed E-state index contributed by atoms with van der Waals surface area (Å²) in [5.41, 5.74) is 1.16. The van der Waals surface area contributed by atoms with Gasteiger partial charge in [0.2, 0.25) is 0 Å². The van der Waals surface area contributed by atoms with E-state index in [2.05, 4.69) is 0 Å². The molecule has 27 heavy (non-hydrogen) atoms. The second-order valence-electron chi connectivity index (χ2n) is 7.22. The Morgan fingerprint density at radius 2 is 1.96 bits per heavy atom. The summed E-state index contributed by atoms with van der Waals surface area (Å²) in [4.78, 5) is 24.2. The average Bonchev–Trinajstić information content (AvgIpc) is 3.39. The maximum absolute atomic E-state index is 12.2. The first-order valence-electron chi connectivity index (χ1n) is 9.06. The molecule has 0 bridgehead atoms. The maximum atomic E-state index is 12.2. The number of esters is 2. The van der Waals surface area contributed by atoms with Gasteiger partial charge in [-0.3, -0.25) is 4.79 Å². The third-order valence-corrected chi connectivity index (χ3v) is 4.48. The van der Waals surface area contributed by atoms with E-state index in [1.54, 1.807) is 39.2 Å². The van der Waals surface area contributed by atoms with Crippen molar-refractivity contribution in [2.24, 2.45) is 5.92 Å². The molecule has 0 amide bonds. The predicted octanol–water partition coefficient (Wildman–Crippen LogP) is 3.69. The lowest BCUT2D eigenvalue weighted by Gasteiger charge is -2.19. The molecule has 0 aliphatic carbocycles. The molecule has 0 N–H and O–H groups in total. The van der Waals surface area contributed by atoms with Gasteiger partial charge >= 0.3 is 11.9 Å². The fourth-order valence-corrected chi connectivity index (χ4v) is 2.61. The smallest absolute Gasteiger partial charge is 0.338 e. The number of rotatable bonds is 8. The van der Waals surface area contributed by atoms with E-state index in [4.69, 9.17) is 18.9 Å². The SMILES string of the molecule is CC=C(C)C(=O)Oc1cc(C)c(OC)cc1C1(COC(=O)CC(C)C)CO1. The Labute approximate surface area is 160 Å². The van der Waals surface area contributed by atoms with E-state index in [1.807, 2.05) is 20.8 Å². The van der Waals surface area contributed by atoms with Crippen LogP contribution < -0.4 is 9.47 Å².